The minimum absolute atomic E-state index is 0.171. The summed E-state index contributed by atoms with van der Waals surface area (Å²) in [6.07, 6.45) is 0.564. The maximum absolute atomic E-state index is 12.5. The van der Waals surface area contributed by atoms with E-state index in [1.54, 1.807) is 0 Å². The van der Waals surface area contributed by atoms with E-state index in [1.165, 1.54) is 25.6 Å². The van der Waals surface area contributed by atoms with E-state index >= 15 is 0 Å². The molecule has 0 aliphatic rings. The average molecular weight is 352 g/mol. The smallest absolute Gasteiger partial charge is 0.332 e. The van der Waals surface area contributed by atoms with E-state index in [2.05, 4.69) is 9.97 Å². The molecule has 2 aromatic heterocycles. The van der Waals surface area contributed by atoms with Crippen molar-refractivity contribution in [2.45, 2.75) is 37.5 Å². The molecule has 24 heavy (non-hydrogen) atoms. The Kier molecular flexibility index (Phi) is 5.12. The lowest BCUT2D eigenvalue weighted by molar-refractivity contribution is -0.136. The van der Waals surface area contributed by atoms with Crippen LogP contribution in [0.25, 0.3) is 11.0 Å². The van der Waals surface area contributed by atoms with Crippen LogP contribution in [0.15, 0.2) is 14.6 Å². The lowest BCUT2D eigenvalue weighted by Gasteiger charge is -2.13. The number of carboxylic acid groups (broad SMARTS) is 1. The van der Waals surface area contributed by atoms with Crippen molar-refractivity contribution < 1.29 is 9.90 Å². The molecule has 130 valence electrons. The van der Waals surface area contributed by atoms with Gasteiger partial charge >= 0.3 is 11.7 Å². The first-order valence-corrected chi connectivity index (χ1v) is 8.37. The van der Waals surface area contributed by atoms with Crippen LogP contribution in [0.3, 0.4) is 0 Å². The molecule has 0 spiro atoms. The van der Waals surface area contributed by atoms with E-state index in [4.69, 9.17) is 5.11 Å². The molecule has 1 N–H and O–H groups in total. The van der Waals surface area contributed by atoms with Crippen molar-refractivity contribution in [3.63, 3.8) is 0 Å². The Bertz CT molecular complexity index is 916. The summed E-state index contributed by atoms with van der Waals surface area (Å²) in [7, 11) is 2.91. The number of carbonyl (C=O) groups is 1. The number of aryl methyl sites for hydroxylation is 1. The van der Waals surface area contributed by atoms with Crippen LogP contribution in [-0.4, -0.2) is 35.4 Å². The summed E-state index contributed by atoms with van der Waals surface area (Å²) in [5, 5.41) is 8.83. The van der Waals surface area contributed by atoms with Gasteiger partial charge < -0.3 is 5.11 Å². The van der Waals surface area contributed by atoms with Gasteiger partial charge in [0.25, 0.3) is 5.56 Å². The van der Waals surface area contributed by atoms with Crippen LogP contribution in [0.5, 0.6) is 0 Å². The largest absolute Gasteiger partial charge is 0.480 e. The topological polar surface area (TPSA) is 107 Å². The van der Waals surface area contributed by atoms with E-state index in [0.717, 1.165) is 16.3 Å². The third-order valence-electron chi connectivity index (χ3n) is 3.54. The number of hydrogen-bond donors (Lipinski definition) is 1. The lowest BCUT2D eigenvalue weighted by Crippen LogP contribution is -2.38. The summed E-state index contributed by atoms with van der Waals surface area (Å²) in [5.74, 6) is -0.236. The molecule has 9 heteroatoms. The second-order valence-electron chi connectivity index (χ2n) is 6.05. The lowest BCUT2D eigenvalue weighted by atomic mass is 10.1. The Morgan fingerprint density at radius 1 is 1.17 bits per heavy atom. The SMILES string of the molecule is CC(C)Cc1nc(SC(C)C(=O)O)c2c(=O)n(C)c(=O)n(C)c2n1. The number of carboxylic acids is 1. The minimum Gasteiger partial charge on any atom is -0.480 e. The van der Waals surface area contributed by atoms with E-state index in [9.17, 15) is 14.4 Å². The standard InChI is InChI=1S/C15H20N4O4S/c1-7(2)6-9-16-11-10(12(17-9)24-8(3)14(21)22)13(20)19(5)15(23)18(11)4/h7-8H,6H2,1-5H3,(H,21,22). The molecular weight excluding hydrogens is 332 g/mol. The molecule has 0 aromatic carbocycles. The van der Waals surface area contributed by atoms with Gasteiger partial charge in [-0.25, -0.2) is 14.8 Å². The molecular formula is C15H20N4O4S. The molecule has 2 aromatic rings. The number of thioether (sulfide) groups is 1. The zero-order chi connectivity index (χ0) is 18.2. The van der Waals surface area contributed by atoms with Gasteiger partial charge in [-0.2, -0.15) is 0 Å². The molecule has 2 heterocycles. The maximum Gasteiger partial charge on any atom is 0.332 e. The predicted molar refractivity (Wildman–Crippen MR) is 91.5 cm³/mol. The van der Waals surface area contributed by atoms with Crippen molar-refractivity contribution in [2.75, 3.05) is 0 Å². The Labute approximate surface area is 142 Å². The molecule has 2 rings (SSSR count). The summed E-state index contributed by atoms with van der Waals surface area (Å²) in [5.41, 5.74) is -0.776. The number of fused-ring (bicyclic) bond motifs is 1. The van der Waals surface area contributed by atoms with Crippen LogP contribution in [0.2, 0.25) is 0 Å². The van der Waals surface area contributed by atoms with E-state index in [1.807, 2.05) is 13.8 Å². The van der Waals surface area contributed by atoms with Crippen molar-refractivity contribution in [1.29, 1.82) is 0 Å². The van der Waals surface area contributed by atoms with Crippen LogP contribution in [-0.2, 0) is 25.3 Å². The Morgan fingerprint density at radius 2 is 1.79 bits per heavy atom. The third kappa shape index (κ3) is 3.35. The number of aromatic nitrogens is 4. The third-order valence-corrected chi connectivity index (χ3v) is 4.61. The highest BCUT2D eigenvalue weighted by molar-refractivity contribution is 8.00. The molecule has 1 unspecified atom stereocenters. The summed E-state index contributed by atoms with van der Waals surface area (Å²) in [6.45, 7) is 5.53. The zero-order valence-corrected chi connectivity index (χ0v) is 15.0. The zero-order valence-electron chi connectivity index (χ0n) is 14.2. The highest BCUT2D eigenvalue weighted by Gasteiger charge is 2.21. The second kappa shape index (κ2) is 6.76. The van der Waals surface area contributed by atoms with Crippen LogP contribution < -0.4 is 11.2 Å². The highest BCUT2D eigenvalue weighted by atomic mass is 32.2. The minimum atomic E-state index is -1.00. The molecule has 0 bridgehead atoms. The molecule has 0 amide bonds. The number of nitrogens with zero attached hydrogens (tertiary/aromatic N) is 4. The van der Waals surface area contributed by atoms with Gasteiger partial charge in [0.15, 0.2) is 5.65 Å². The molecule has 0 radical (unpaired) electrons. The quantitative estimate of drug-likeness (QED) is 0.626. The molecule has 0 saturated heterocycles. The fraction of sp³-hybridized carbons (Fsp3) is 0.533. The Balaban J connectivity index is 2.83. The first kappa shape index (κ1) is 18.2. The molecule has 0 fully saturated rings. The van der Waals surface area contributed by atoms with Gasteiger partial charge in [-0.05, 0) is 12.8 Å². The summed E-state index contributed by atoms with van der Waals surface area (Å²) >= 11 is 0.980. The van der Waals surface area contributed by atoms with Crippen molar-refractivity contribution in [2.24, 2.45) is 20.0 Å². The van der Waals surface area contributed by atoms with Crippen LogP contribution in [0.4, 0.5) is 0 Å². The normalized spacial score (nSPS) is 12.8. The summed E-state index contributed by atoms with van der Waals surface area (Å²) < 4.78 is 2.26. The molecule has 1 atom stereocenters. The Hall–Kier alpha value is -2.16. The first-order chi connectivity index (χ1) is 11.1. The van der Waals surface area contributed by atoms with E-state index in [0.29, 0.717) is 17.3 Å². The fourth-order valence-electron chi connectivity index (χ4n) is 2.23. The predicted octanol–water partition coefficient (Wildman–Crippen LogP) is 0.791. The van der Waals surface area contributed by atoms with E-state index < -0.39 is 22.5 Å². The van der Waals surface area contributed by atoms with Gasteiger partial charge in [-0.3, -0.25) is 18.7 Å². The van der Waals surface area contributed by atoms with Gasteiger partial charge in [0, 0.05) is 20.5 Å². The molecule has 0 aliphatic heterocycles. The average Bonchev–Trinajstić information content (AvgIpc) is 2.49. The van der Waals surface area contributed by atoms with Gasteiger partial charge in [-0.15, -0.1) is 0 Å². The van der Waals surface area contributed by atoms with Crippen molar-refractivity contribution in [1.82, 2.24) is 19.1 Å². The number of hydrogen-bond acceptors (Lipinski definition) is 6. The first-order valence-electron chi connectivity index (χ1n) is 7.49. The summed E-state index contributed by atoms with van der Waals surface area (Å²) in [4.78, 5) is 44.6. The fourth-order valence-corrected chi connectivity index (χ4v) is 3.12. The van der Waals surface area contributed by atoms with E-state index in [-0.39, 0.29) is 17.0 Å². The van der Waals surface area contributed by atoms with Crippen molar-refractivity contribution in [3.05, 3.63) is 26.7 Å². The molecule has 0 aliphatic carbocycles. The maximum atomic E-state index is 12.5. The number of aliphatic carboxylic acids is 1. The molecule has 8 nitrogen and oxygen atoms in total. The van der Waals surface area contributed by atoms with Crippen LogP contribution in [0.1, 0.15) is 26.6 Å². The highest BCUT2D eigenvalue weighted by Crippen LogP contribution is 2.26. The molecule has 0 saturated carbocycles. The van der Waals surface area contributed by atoms with Gasteiger partial charge in [0.1, 0.15) is 21.5 Å². The van der Waals surface area contributed by atoms with Crippen LogP contribution >= 0.6 is 11.8 Å². The van der Waals surface area contributed by atoms with Gasteiger partial charge in [-0.1, -0.05) is 25.6 Å². The monoisotopic (exact) mass is 352 g/mol. The second-order valence-corrected chi connectivity index (χ2v) is 7.38. The van der Waals surface area contributed by atoms with Gasteiger partial charge in [0.05, 0.1) is 0 Å². The number of rotatable bonds is 5. The summed E-state index contributed by atoms with van der Waals surface area (Å²) in [6, 6.07) is 0. The van der Waals surface area contributed by atoms with Crippen molar-refractivity contribution in [3.8, 4) is 0 Å². The Morgan fingerprint density at radius 3 is 2.33 bits per heavy atom. The van der Waals surface area contributed by atoms with Crippen LogP contribution in [0, 0.1) is 5.92 Å². The van der Waals surface area contributed by atoms with Crippen molar-refractivity contribution >= 4 is 28.8 Å². The van der Waals surface area contributed by atoms with Gasteiger partial charge in [0.2, 0.25) is 0 Å².